The SMILES string of the molecule is Cc1cccc(C)c1-c1cc2nc(n1)NS(=O)(=O)c1cccc(c1)C(=O)N(Cc1ccc(C#CC(C)(C)CO)cn1)[C@H](CC(C)(C)C)CO2. The highest BCUT2D eigenvalue weighted by Gasteiger charge is 2.32. The van der Waals surface area contributed by atoms with E-state index in [0.717, 1.165) is 16.7 Å². The summed E-state index contributed by atoms with van der Waals surface area (Å²) in [5.41, 5.74) is 4.04. The number of sulfonamides is 1. The number of aryl methyl sites for hydroxylation is 2. The highest BCUT2D eigenvalue weighted by atomic mass is 32.2. The first kappa shape index (κ1) is 35.5. The van der Waals surface area contributed by atoms with Crippen molar-refractivity contribution in [3.05, 3.63) is 94.8 Å². The molecule has 49 heavy (non-hydrogen) atoms. The van der Waals surface area contributed by atoms with Crippen LogP contribution in [0, 0.1) is 36.5 Å². The van der Waals surface area contributed by atoms with Gasteiger partial charge in [-0.25, -0.2) is 18.1 Å². The quantitative estimate of drug-likeness (QED) is 0.239. The van der Waals surface area contributed by atoms with Crippen LogP contribution >= 0.6 is 0 Å². The zero-order valence-electron chi connectivity index (χ0n) is 29.0. The number of aliphatic hydroxyl groups is 1. The van der Waals surface area contributed by atoms with Crippen LogP contribution in [0.15, 0.2) is 71.8 Å². The number of aliphatic hydroxyl groups excluding tert-OH is 1. The maximum Gasteiger partial charge on any atom is 0.264 e. The van der Waals surface area contributed by atoms with Crippen molar-refractivity contribution in [1.29, 1.82) is 0 Å². The van der Waals surface area contributed by atoms with E-state index < -0.39 is 21.5 Å². The van der Waals surface area contributed by atoms with E-state index >= 15 is 0 Å². The molecular weight excluding hydrogens is 639 g/mol. The van der Waals surface area contributed by atoms with Crippen molar-refractivity contribution in [3.63, 3.8) is 0 Å². The van der Waals surface area contributed by atoms with Crippen molar-refractivity contribution in [1.82, 2.24) is 19.9 Å². The third-order valence-corrected chi connectivity index (χ3v) is 9.45. The summed E-state index contributed by atoms with van der Waals surface area (Å²) < 4.78 is 36.2. The number of nitrogens with zero attached hydrogens (tertiary/aromatic N) is 4. The minimum atomic E-state index is -4.19. The number of nitrogens with one attached hydrogen (secondary N) is 1. The van der Waals surface area contributed by atoms with Gasteiger partial charge in [0, 0.05) is 34.4 Å². The fraction of sp³-hybridized carbons (Fsp3) is 0.368. The molecule has 11 heteroatoms. The van der Waals surface area contributed by atoms with Crippen molar-refractivity contribution in [2.24, 2.45) is 10.8 Å². The Morgan fingerprint density at radius 1 is 1.00 bits per heavy atom. The van der Waals surface area contributed by atoms with Crippen LogP contribution in [-0.4, -0.2) is 58.5 Å². The van der Waals surface area contributed by atoms with E-state index in [1.807, 2.05) is 58.0 Å². The molecule has 2 aromatic carbocycles. The van der Waals surface area contributed by atoms with Gasteiger partial charge in [0.15, 0.2) is 0 Å². The molecule has 2 N–H and O–H groups in total. The average molecular weight is 682 g/mol. The number of carbonyl (C=O) groups excluding carboxylic acids is 1. The average Bonchev–Trinajstić information content (AvgIpc) is 3.04. The molecular formula is C38H43N5O5S. The highest BCUT2D eigenvalue weighted by Crippen LogP contribution is 2.31. The zero-order valence-corrected chi connectivity index (χ0v) is 29.9. The molecule has 0 fully saturated rings. The van der Waals surface area contributed by atoms with Gasteiger partial charge in [-0.3, -0.25) is 9.78 Å². The number of hydrogen-bond donors (Lipinski definition) is 2. The number of carbonyl (C=O) groups is 1. The second-order valence-electron chi connectivity index (χ2n) is 14.3. The summed E-state index contributed by atoms with van der Waals surface area (Å²) in [6.45, 7) is 14.1. The van der Waals surface area contributed by atoms with Gasteiger partial charge in [0.05, 0.1) is 35.5 Å². The van der Waals surface area contributed by atoms with Crippen molar-refractivity contribution < 1.29 is 23.1 Å². The summed E-state index contributed by atoms with van der Waals surface area (Å²) in [5.74, 6) is 5.79. The maximum atomic E-state index is 14.4. The van der Waals surface area contributed by atoms with Crippen molar-refractivity contribution in [3.8, 4) is 29.0 Å². The molecule has 5 rings (SSSR count). The van der Waals surface area contributed by atoms with Crippen LogP contribution in [0.1, 0.15) is 73.8 Å². The molecule has 0 spiro atoms. The first-order chi connectivity index (χ1) is 23.0. The number of benzene rings is 2. The Balaban J connectivity index is 1.61. The van der Waals surface area contributed by atoms with Gasteiger partial charge in [-0.2, -0.15) is 4.98 Å². The Hall–Kier alpha value is -4.79. The van der Waals surface area contributed by atoms with Gasteiger partial charge < -0.3 is 14.7 Å². The Morgan fingerprint density at radius 2 is 1.71 bits per heavy atom. The second kappa shape index (κ2) is 14.0. The lowest BCUT2D eigenvalue weighted by Gasteiger charge is -2.35. The van der Waals surface area contributed by atoms with Crippen molar-refractivity contribution in [2.75, 3.05) is 17.9 Å². The molecule has 1 aliphatic heterocycles. The van der Waals surface area contributed by atoms with Crippen LogP contribution in [0.5, 0.6) is 5.88 Å². The summed E-state index contributed by atoms with van der Waals surface area (Å²) in [6.07, 6.45) is 2.21. The molecule has 3 heterocycles. The van der Waals surface area contributed by atoms with Crippen molar-refractivity contribution >= 4 is 21.9 Å². The molecule has 4 aromatic rings. The summed E-state index contributed by atoms with van der Waals surface area (Å²) in [7, 11) is -4.19. The Bertz CT molecular complexity index is 2010. The van der Waals surface area contributed by atoms with Gasteiger partial charge >= 0.3 is 0 Å². The molecule has 0 radical (unpaired) electrons. The topological polar surface area (TPSA) is 135 Å². The third-order valence-electron chi connectivity index (χ3n) is 8.13. The van der Waals surface area contributed by atoms with Gasteiger partial charge in [0.25, 0.3) is 15.9 Å². The van der Waals surface area contributed by atoms with Crippen LogP contribution < -0.4 is 9.46 Å². The van der Waals surface area contributed by atoms with E-state index in [9.17, 15) is 18.3 Å². The van der Waals surface area contributed by atoms with Crippen LogP contribution in [-0.2, 0) is 16.6 Å². The Kier molecular flexibility index (Phi) is 10.1. The minimum absolute atomic E-state index is 0.0679. The Labute approximate surface area is 289 Å². The molecule has 0 aliphatic carbocycles. The number of amides is 1. The van der Waals surface area contributed by atoms with Crippen LogP contribution in [0.3, 0.4) is 0 Å². The molecule has 0 saturated heterocycles. The maximum absolute atomic E-state index is 14.4. The lowest BCUT2D eigenvalue weighted by molar-refractivity contribution is 0.0509. The number of anilines is 1. The molecule has 10 nitrogen and oxygen atoms in total. The predicted molar refractivity (Wildman–Crippen MR) is 189 cm³/mol. The highest BCUT2D eigenvalue weighted by molar-refractivity contribution is 7.92. The first-order valence-corrected chi connectivity index (χ1v) is 17.6. The fourth-order valence-electron chi connectivity index (χ4n) is 5.59. The molecule has 4 bridgehead atoms. The normalized spacial score (nSPS) is 16.2. The Morgan fingerprint density at radius 3 is 2.37 bits per heavy atom. The third kappa shape index (κ3) is 8.82. The monoisotopic (exact) mass is 681 g/mol. The molecule has 1 atom stereocenters. The van der Waals surface area contributed by atoms with Gasteiger partial charge in [-0.05, 0) is 81.0 Å². The van der Waals surface area contributed by atoms with E-state index in [0.29, 0.717) is 23.4 Å². The standard InChI is InChI=1S/C38H43N5O5S/c1-25-10-8-11-26(2)34(25)32-19-33-41-36(40-32)42-49(46,47)31-13-9-12-28(18-31)35(45)43(30(23-48-33)20-37(3,4)5)22-29-15-14-27(21-39-29)16-17-38(6,7)24-44/h8-15,18-19,21,30,44H,20,22-24H2,1-7H3,(H,40,41,42)/t30-/m1/s1. The number of fused-ring (bicyclic) bond motifs is 4. The molecule has 1 aliphatic rings. The number of rotatable bonds is 5. The number of ether oxygens (including phenoxy) is 1. The van der Waals surface area contributed by atoms with Gasteiger partial charge in [-0.1, -0.05) is 56.9 Å². The van der Waals surface area contributed by atoms with E-state index in [4.69, 9.17) is 4.74 Å². The van der Waals surface area contributed by atoms with Crippen LogP contribution in [0.4, 0.5) is 5.95 Å². The number of aromatic nitrogens is 3. The summed E-state index contributed by atoms with van der Waals surface area (Å²) in [6, 6.07) is 16.7. The van der Waals surface area contributed by atoms with E-state index in [1.54, 1.807) is 29.3 Å². The zero-order chi connectivity index (χ0) is 35.6. The lowest BCUT2D eigenvalue weighted by atomic mass is 9.87. The predicted octanol–water partition coefficient (Wildman–Crippen LogP) is 6.17. The first-order valence-electron chi connectivity index (χ1n) is 16.1. The largest absolute Gasteiger partial charge is 0.475 e. The molecule has 256 valence electrons. The fourth-order valence-corrected chi connectivity index (χ4v) is 6.58. The van der Waals surface area contributed by atoms with Gasteiger partial charge in [0.2, 0.25) is 11.8 Å². The summed E-state index contributed by atoms with van der Waals surface area (Å²) >= 11 is 0. The summed E-state index contributed by atoms with van der Waals surface area (Å²) in [5, 5.41) is 9.55. The lowest BCUT2D eigenvalue weighted by Crippen LogP contribution is -2.45. The number of pyridine rings is 1. The summed E-state index contributed by atoms with van der Waals surface area (Å²) in [4.78, 5) is 29.7. The van der Waals surface area contributed by atoms with Crippen LogP contribution in [0.2, 0.25) is 0 Å². The number of hydrogen-bond acceptors (Lipinski definition) is 8. The van der Waals surface area contributed by atoms with Crippen molar-refractivity contribution in [2.45, 2.75) is 72.4 Å². The minimum Gasteiger partial charge on any atom is -0.475 e. The molecule has 1 amide bonds. The molecule has 0 saturated carbocycles. The molecule has 0 unspecified atom stereocenters. The smallest absolute Gasteiger partial charge is 0.264 e. The van der Waals surface area contributed by atoms with E-state index in [-0.39, 0.29) is 53.4 Å². The van der Waals surface area contributed by atoms with E-state index in [2.05, 4.69) is 52.3 Å². The van der Waals surface area contributed by atoms with Gasteiger partial charge in [0.1, 0.15) is 6.61 Å². The van der Waals surface area contributed by atoms with Gasteiger partial charge in [-0.15, -0.1) is 0 Å². The molecule has 2 aromatic heterocycles. The van der Waals surface area contributed by atoms with E-state index in [1.165, 1.54) is 12.1 Å². The van der Waals surface area contributed by atoms with Crippen LogP contribution in [0.25, 0.3) is 11.3 Å². The second-order valence-corrected chi connectivity index (χ2v) is 16.0.